The zero-order valence-corrected chi connectivity index (χ0v) is 13.5. The van der Waals surface area contributed by atoms with Gasteiger partial charge in [-0.2, -0.15) is 0 Å². The molecule has 4 nitrogen and oxygen atoms in total. The number of hydrazine groups is 1. The second-order valence-electron chi connectivity index (χ2n) is 4.79. The number of hydrogen-bond acceptors (Lipinski definition) is 6. The van der Waals surface area contributed by atoms with Crippen molar-refractivity contribution in [1.82, 2.24) is 9.97 Å². The highest BCUT2D eigenvalue weighted by molar-refractivity contribution is 7.98. The first-order valence-corrected chi connectivity index (χ1v) is 8.39. The molecular formula is C15H16N4S2. The molecule has 0 radical (unpaired) electrons. The third kappa shape index (κ3) is 3.02. The average molecular weight is 316 g/mol. The molecular weight excluding hydrogens is 300 g/mol. The molecule has 21 heavy (non-hydrogen) atoms. The van der Waals surface area contributed by atoms with E-state index in [2.05, 4.69) is 59.6 Å². The van der Waals surface area contributed by atoms with Gasteiger partial charge in [0.15, 0.2) is 0 Å². The lowest BCUT2D eigenvalue weighted by molar-refractivity contribution is 1.08. The molecule has 0 unspecified atom stereocenters. The van der Waals surface area contributed by atoms with Crippen molar-refractivity contribution < 1.29 is 0 Å². The minimum atomic E-state index is 0.469. The molecule has 0 aliphatic carbocycles. The summed E-state index contributed by atoms with van der Waals surface area (Å²) in [5.41, 5.74) is 5.17. The molecule has 0 saturated heterocycles. The number of nitrogens with zero attached hydrogens (tertiary/aromatic N) is 2. The van der Waals surface area contributed by atoms with Gasteiger partial charge >= 0.3 is 0 Å². The summed E-state index contributed by atoms with van der Waals surface area (Å²) in [5, 5.41) is 2.08. The molecule has 6 heteroatoms. The highest BCUT2D eigenvalue weighted by Gasteiger charge is 2.11. The predicted octanol–water partition coefficient (Wildman–Crippen LogP) is 3.89. The van der Waals surface area contributed by atoms with Crippen molar-refractivity contribution in [2.45, 2.75) is 24.6 Å². The highest BCUT2D eigenvalue weighted by atomic mass is 32.2. The molecule has 1 aromatic carbocycles. The Kier molecular flexibility index (Phi) is 4.10. The van der Waals surface area contributed by atoms with Gasteiger partial charge in [-0.1, -0.05) is 24.3 Å². The number of aromatic nitrogens is 2. The summed E-state index contributed by atoms with van der Waals surface area (Å²) in [6.45, 7) is 4.21. The molecule has 0 atom stereocenters. The minimum Gasteiger partial charge on any atom is -0.292 e. The van der Waals surface area contributed by atoms with Crippen molar-refractivity contribution in [3.05, 3.63) is 46.3 Å². The van der Waals surface area contributed by atoms with Crippen LogP contribution in [-0.4, -0.2) is 9.97 Å². The number of rotatable bonds is 4. The van der Waals surface area contributed by atoms with E-state index in [1.165, 1.54) is 16.0 Å². The van der Waals surface area contributed by atoms with Gasteiger partial charge in [0.1, 0.15) is 9.86 Å². The van der Waals surface area contributed by atoms with E-state index in [1.54, 1.807) is 23.1 Å². The first-order valence-electron chi connectivity index (χ1n) is 6.59. The number of thiophene rings is 1. The average Bonchev–Trinajstić information content (AvgIpc) is 2.86. The van der Waals surface area contributed by atoms with Crippen molar-refractivity contribution >= 4 is 39.3 Å². The van der Waals surface area contributed by atoms with E-state index in [0.717, 1.165) is 21.0 Å². The molecule has 0 fully saturated rings. The monoisotopic (exact) mass is 316 g/mol. The third-order valence-corrected chi connectivity index (χ3v) is 5.22. The molecule has 0 spiro atoms. The van der Waals surface area contributed by atoms with E-state index in [1.807, 2.05) is 0 Å². The highest BCUT2D eigenvalue weighted by Crippen LogP contribution is 2.33. The largest absolute Gasteiger partial charge is 0.292 e. The number of nitrogens with one attached hydrogen (secondary N) is 1. The van der Waals surface area contributed by atoms with Crippen LogP contribution in [0.5, 0.6) is 0 Å². The fraction of sp³-hybridized carbons (Fsp3) is 0.200. The zero-order chi connectivity index (χ0) is 14.8. The number of nitrogens with two attached hydrogens (primary N) is 1. The van der Waals surface area contributed by atoms with Crippen LogP contribution in [0.15, 0.2) is 35.4 Å². The molecule has 3 N–H and O–H groups in total. The Bertz CT molecular complexity index is 782. The smallest absolute Gasteiger partial charge is 0.239 e. The van der Waals surface area contributed by atoms with E-state index < -0.39 is 0 Å². The van der Waals surface area contributed by atoms with Crippen LogP contribution in [0.1, 0.15) is 16.0 Å². The number of fused-ring (bicyclic) bond motifs is 1. The summed E-state index contributed by atoms with van der Waals surface area (Å²) in [6, 6.07) is 10.6. The SMILES string of the molecule is Cc1cc2c(SCc3ccccc3C)nc(NN)nc2s1. The van der Waals surface area contributed by atoms with Crippen LogP contribution in [0.3, 0.4) is 0 Å². The zero-order valence-electron chi connectivity index (χ0n) is 11.9. The van der Waals surface area contributed by atoms with Gasteiger partial charge in [-0.25, -0.2) is 15.8 Å². The first kappa shape index (κ1) is 14.3. The molecule has 2 heterocycles. The van der Waals surface area contributed by atoms with Gasteiger partial charge in [-0.3, -0.25) is 5.43 Å². The number of anilines is 1. The molecule has 0 amide bonds. The van der Waals surface area contributed by atoms with E-state index >= 15 is 0 Å². The van der Waals surface area contributed by atoms with E-state index in [-0.39, 0.29) is 0 Å². The van der Waals surface area contributed by atoms with Crippen molar-refractivity contribution in [3.63, 3.8) is 0 Å². The number of aryl methyl sites for hydroxylation is 2. The Morgan fingerprint density at radius 3 is 2.81 bits per heavy atom. The van der Waals surface area contributed by atoms with Crippen molar-refractivity contribution in [1.29, 1.82) is 0 Å². The Hall–Kier alpha value is -1.63. The maximum absolute atomic E-state index is 5.47. The van der Waals surface area contributed by atoms with Gasteiger partial charge < -0.3 is 0 Å². The molecule has 3 aromatic rings. The summed E-state index contributed by atoms with van der Waals surface area (Å²) in [5.74, 6) is 6.82. The quantitative estimate of drug-likeness (QED) is 0.331. The number of thioether (sulfide) groups is 1. The van der Waals surface area contributed by atoms with Gasteiger partial charge in [0.05, 0.1) is 0 Å². The van der Waals surface area contributed by atoms with Crippen LogP contribution >= 0.6 is 23.1 Å². The fourth-order valence-corrected chi connectivity index (χ4v) is 4.13. The second kappa shape index (κ2) is 6.01. The summed E-state index contributed by atoms with van der Waals surface area (Å²) in [4.78, 5) is 11.1. The van der Waals surface area contributed by atoms with Crippen LogP contribution < -0.4 is 11.3 Å². The number of nitrogen functional groups attached to an aromatic ring is 1. The molecule has 3 rings (SSSR count). The molecule has 2 aromatic heterocycles. The lowest BCUT2D eigenvalue weighted by Gasteiger charge is -2.07. The van der Waals surface area contributed by atoms with E-state index in [4.69, 9.17) is 5.84 Å². The number of hydrogen-bond donors (Lipinski definition) is 2. The summed E-state index contributed by atoms with van der Waals surface area (Å²) < 4.78 is 0. The van der Waals surface area contributed by atoms with Gasteiger partial charge in [0.25, 0.3) is 0 Å². The van der Waals surface area contributed by atoms with Crippen LogP contribution in [0.2, 0.25) is 0 Å². The van der Waals surface area contributed by atoms with E-state index in [0.29, 0.717) is 5.95 Å². The molecule has 0 bridgehead atoms. The van der Waals surface area contributed by atoms with E-state index in [9.17, 15) is 0 Å². The first-order chi connectivity index (χ1) is 10.2. The third-order valence-electron chi connectivity index (χ3n) is 3.24. The van der Waals surface area contributed by atoms with Crippen LogP contribution in [-0.2, 0) is 5.75 Å². The Labute approximate surface area is 131 Å². The van der Waals surface area contributed by atoms with Crippen molar-refractivity contribution in [2.75, 3.05) is 5.43 Å². The van der Waals surface area contributed by atoms with Gasteiger partial charge in [-0.05, 0) is 31.0 Å². The van der Waals surface area contributed by atoms with Gasteiger partial charge in [-0.15, -0.1) is 23.1 Å². The molecule has 0 aliphatic heterocycles. The normalized spacial score (nSPS) is 11.0. The summed E-state index contributed by atoms with van der Waals surface area (Å²) in [6.07, 6.45) is 0. The summed E-state index contributed by atoms with van der Waals surface area (Å²) >= 11 is 3.38. The van der Waals surface area contributed by atoms with Gasteiger partial charge in [0.2, 0.25) is 5.95 Å². The Morgan fingerprint density at radius 2 is 2.05 bits per heavy atom. The van der Waals surface area contributed by atoms with Crippen LogP contribution in [0.4, 0.5) is 5.95 Å². The maximum Gasteiger partial charge on any atom is 0.239 e. The second-order valence-corrected chi connectivity index (χ2v) is 6.99. The fourth-order valence-electron chi connectivity index (χ4n) is 2.11. The standard InChI is InChI=1S/C15H16N4S2/c1-9-5-3-4-6-11(9)8-20-13-12-7-10(2)21-14(12)18-15(17-13)19-16/h3-7H,8,16H2,1-2H3,(H,17,18,19). The topological polar surface area (TPSA) is 63.8 Å². The van der Waals surface area contributed by atoms with Crippen molar-refractivity contribution in [2.24, 2.45) is 5.84 Å². The van der Waals surface area contributed by atoms with Crippen LogP contribution in [0, 0.1) is 13.8 Å². The maximum atomic E-state index is 5.47. The lowest BCUT2D eigenvalue weighted by atomic mass is 10.1. The summed E-state index contributed by atoms with van der Waals surface area (Å²) in [7, 11) is 0. The van der Waals surface area contributed by atoms with Crippen molar-refractivity contribution in [3.8, 4) is 0 Å². The minimum absolute atomic E-state index is 0.469. The molecule has 0 aliphatic rings. The van der Waals surface area contributed by atoms with Crippen LogP contribution in [0.25, 0.3) is 10.2 Å². The Balaban J connectivity index is 1.94. The number of benzene rings is 1. The molecule has 108 valence electrons. The molecule has 0 saturated carbocycles. The van der Waals surface area contributed by atoms with Gasteiger partial charge in [0, 0.05) is 16.0 Å². The Morgan fingerprint density at radius 1 is 1.24 bits per heavy atom. The predicted molar refractivity (Wildman–Crippen MR) is 90.7 cm³/mol. The lowest BCUT2D eigenvalue weighted by Crippen LogP contribution is -2.10.